The fourth-order valence-electron chi connectivity index (χ4n) is 0.404. The molecule has 0 aliphatic rings. The smallest absolute Gasteiger partial charge is 0.106 e. The summed E-state index contributed by atoms with van der Waals surface area (Å²) < 4.78 is 5.10. The highest BCUT2D eigenvalue weighted by Crippen LogP contribution is 1.93. The van der Waals surface area contributed by atoms with Gasteiger partial charge in [0.25, 0.3) is 0 Å². The van der Waals surface area contributed by atoms with Gasteiger partial charge in [-0.3, -0.25) is 0 Å². The van der Waals surface area contributed by atoms with Gasteiger partial charge in [-0.2, -0.15) is 0 Å². The fraction of sp³-hybridized carbons (Fsp3) is 0.250. The Morgan fingerprint density at radius 2 is 2.22 bits per heavy atom. The molecule has 0 N–H and O–H groups in total. The Bertz CT molecular complexity index is 123. The molecule has 0 aliphatic carbocycles. The van der Waals surface area contributed by atoms with Gasteiger partial charge in [0.2, 0.25) is 0 Å². The van der Waals surface area contributed by atoms with Crippen LogP contribution in [0.3, 0.4) is 0 Å². The first-order valence-electron chi connectivity index (χ1n) is 2.84. The van der Waals surface area contributed by atoms with Crippen molar-refractivity contribution in [3.05, 3.63) is 37.1 Å². The maximum absolute atomic E-state index is 5.10. The van der Waals surface area contributed by atoms with Crippen LogP contribution in [0.25, 0.3) is 0 Å². The first-order chi connectivity index (χ1) is 4.31. The first kappa shape index (κ1) is 8.02. The van der Waals surface area contributed by atoms with E-state index in [1.165, 1.54) is 0 Å². The molecule has 0 aromatic heterocycles. The molecule has 0 spiro atoms. The zero-order chi connectivity index (χ0) is 7.11. The molecule has 1 nitrogen and oxygen atoms in total. The SMILES string of the molecule is C=C/C=C(\C)OCC=C. The number of hydrogen-bond acceptors (Lipinski definition) is 1. The van der Waals surface area contributed by atoms with E-state index in [-0.39, 0.29) is 0 Å². The van der Waals surface area contributed by atoms with Crippen molar-refractivity contribution in [1.82, 2.24) is 0 Å². The highest BCUT2D eigenvalue weighted by atomic mass is 16.5. The lowest BCUT2D eigenvalue weighted by molar-refractivity contribution is 0.250. The van der Waals surface area contributed by atoms with E-state index in [1.54, 1.807) is 12.2 Å². The monoisotopic (exact) mass is 124 g/mol. The molecule has 1 heteroatoms. The summed E-state index contributed by atoms with van der Waals surface area (Å²) in [5.74, 6) is 0.866. The molecule has 0 unspecified atom stereocenters. The Kier molecular flexibility index (Phi) is 4.60. The molecule has 0 aromatic carbocycles. The molecule has 0 radical (unpaired) electrons. The maximum atomic E-state index is 5.10. The van der Waals surface area contributed by atoms with Gasteiger partial charge in [0.1, 0.15) is 6.61 Å². The number of hydrogen-bond donors (Lipinski definition) is 0. The minimum Gasteiger partial charge on any atom is -0.494 e. The molecular weight excluding hydrogens is 112 g/mol. The molecule has 0 atom stereocenters. The van der Waals surface area contributed by atoms with E-state index in [4.69, 9.17) is 4.74 Å². The summed E-state index contributed by atoms with van der Waals surface area (Å²) in [6.07, 6.45) is 5.21. The highest BCUT2D eigenvalue weighted by molar-refractivity contribution is 5.01. The Labute approximate surface area is 56.3 Å². The second kappa shape index (κ2) is 5.16. The Hall–Kier alpha value is -0.980. The van der Waals surface area contributed by atoms with E-state index in [9.17, 15) is 0 Å². The molecule has 0 fully saturated rings. The van der Waals surface area contributed by atoms with Crippen molar-refractivity contribution in [2.45, 2.75) is 6.92 Å². The van der Waals surface area contributed by atoms with Gasteiger partial charge in [-0.1, -0.05) is 25.3 Å². The molecule has 0 amide bonds. The van der Waals surface area contributed by atoms with Crippen LogP contribution >= 0.6 is 0 Å². The molecule has 0 bridgehead atoms. The Balaban J connectivity index is 3.47. The van der Waals surface area contributed by atoms with Crippen LogP contribution in [0, 0.1) is 0 Å². The van der Waals surface area contributed by atoms with Crippen LogP contribution in [0.4, 0.5) is 0 Å². The van der Waals surface area contributed by atoms with Crippen LogP contribution in [0.15, 0.2) is 37.1 Å². The lowest BCUT2D eigenvalue weighted by Crippen LogP contribution is -1.85. The normalized spacial score (nSPS) is 10.6. The van der Waals surface area contributed by atoms with Crippen LogP contribution in [0.5, 0.6) is 0 Å². The van der Waals surface area contributed by atoms with Crippen molar-refractivity contribution in [2.24, 2.45) is 0 Å². The molecule has 0 aromatic rings. The third-order valence-corrected chi connectivity index (χ3v) is 0.781. The van der Waals surface area contributed by atoms with Crippen LogP contribution in [-0.4, -0.2) is 6.61 Å². The minimum absolute atomic E-state index is 0.566. The molecule has 0 saturated carbocycles. The standard InChI is InChI=1S/C8H12O/c1-4-6-8(3)9-7-5-2/h4-6H,1-2,7H2,3H3/b8-6+. The summed E-state index contributed by atoms with van der Waals surface area (Å²) >= 11 is 0. The second-order valence-corrected chi connectivity index (χ2v) is 1.61. The van der Waals surface area contributed by atoms with E-state index in [0.717, 1.165) is 5.76 Å². The van der Waals surface area contributed by atoms with Crippen LogP contribution in [-0.2, 0) is 4.74 Å². The summed E-state index contributed by atoms with van der Waals surface area (Å²) in [5, 5.41) is 0. The van der Waals surface area contributed by atoms with Crippen molar-refractivity contribution < 1.29 is 4.74 Å². The van der Waals surface area contributed by atoms with Gasteiger partial charge < -0.3 is 4.74 Å². The molecule has 0 aliphatic heterocycles. The summed E-state index contributed by atoms with van der Waals surface area (Å²) in [4.78, 5) is 0. The fourth-order valence-corrected chi connectivity index (χ4v) is 0.404. The van der Waals surface area contributed by atoms with Gasteiger partial charge in [0.05, 0.1) is 5.76 Å². The van der Waals surface area contributed by atoms with E-state index in [0.29, 0.717) is 6.61 Å². The zero-order valence-electron chi connectivity index (χ0n) is 5.76. The van der Waals surface area contributed by atoms with E-state index < -0.39 is 0 Å². The van der Waals surface area contributed by atoms with Crippen molar-refractivity contribution in [3.8, 4) is 0 Å². The summed E-state index contributed by atoms with van der Waals surface area (Å²) in [7, 11) is 0. The quantitative estimate of drug-likeness (QED) is 0.317. The largest absolute Gasteiger partial charge is 0.494 e. The number of allylic oxidation sites excluding steroid dienone is 3. The Morgan fingerprint density at radius 1 is 1.56 bits per heavy atom. The van der Waals surface area contributed by atoms with Gasteiger partial charge in [0, 0.05) is 0 Å². The van der Waals surface area contributed by atoms with Gasteiger partial charge in [-0.15, -0.1) is 0 Å². The molecule has 0 heterocycles. The minimum atomic E-state index is 0.566. The lowest BCUT2D eigenvalue weighted by atomic mass is 10.5. The average Bonchev–Trinajstić information content (AvgIpc) is 1.85. The van der Waals surface area contributed by atoms with Crippen molar-refractivity contribution in [3.63, 3.8) is 0 Å². The van der Waals surface area contributed by atoms with Crippen LogP contribution in [0.2, 0.25) is 0 Å². The summed E-state index contributed by atoms with van der Waals surface area (Å²) in [6.45, 7) is 9.49. The zero-order valence-corrected chi connectivity index (χ0v) is 5.76. The molecule has 9 heavy (non-hydrogen) atoms. The van der Waals surface area contributed by atoms with Crippen molar-refractivity contribution in [1.29, 1.82) is 0 Å². The molecule has 0 saturated heterocycles. The Morgan fingerprint density at radius 3 is 2.67 bits per heavy atom. The van der Waals surface area contributed by atoms with Gasteiger partial charge in [-0.25, -0.2) is 0 Å². The second-order valence-electron chi connectivity index (χ2n) is 1.61. The third-order valence-electron chi connectivity index (χ3n) is 0.781. The molecule has 0 rings (SSSR count). The lowest BCUT2D eigenvalue weighted by Gasteiger charge is -1.99. The maximum Gasteiger partial charge on any atom is 0.106 e. The van der Waals surface area contributed by atoms with Crippen molar-refractivity contribution in [2.75, 3.05) is 6.61 Å². The number of ether oxygens (including phenoxy) is 1. The van der Waals surface area contributed by atoms with Crippen LogP contribution in [0.1, 0.15) is 6.92 Å². The first-order valence-corrected chi connectivity index (χ1v) is 2.84. The highest BCUT2D eigenvalue weighted by Gasteiger charge is 1.80. The van der Waals surface area contributed by atoms with Crippen LogP contribution < -0.4 is 0 Å². The van der Waals surface area contributed by atoms with Gasteiger partial charge in [0.15, 0.2) is 0 Å². The van der Waals surface area contributed by atoms with E-state index in [1.807, 2.05) is 13.0 Å². The third kappa shape index (κ3) is 4.88. The van der Waals surface area contributed by atoms with Gasteiger partial charge >= 0.3 is 0 Å². The molecular formula is C8H12O. The number of rotatable bonds is 4. The van der Waals surface area contributed by atoms with E-state index >= 15 is 0 Å². The summed E-state index contributed by atoms with van der Waals surface area (Å²) in [6, 6.07) is 0. The summed E-state index contributed by atoms with van der Waals surface area (Å²) in [5.41, 5.74) is 0. The topological polar surface area (TPSA) is 9.23 Å². The van der Waals surface area contributed by atoms with Crippen molar-refractivity contribution >= 4 is 0 Å². The average molecular weight is 124 g/mol. The van der Waals surface area contributed by atoms with Gasteiger partial charge in [-0.05, 0) is 13.0 Å². The van der Waals surface area contributed by atoms with E-state index in [2.05, 4.69) is 13.2 Å². The molecule has 50 valence electrons. The predicted octanol–water partition coefficient (Wildman–Crippen LogP) is 2.28. The predicted molar refractivity (Wildman–Crippen MR) is 40.1 cm³/mol.